The number of morpholine rings is 1. The normalized spacial score (nSPS) is 13.9. The first-order valence-corrected chi connectivity index (χ1v) is 13.3. The summed E-state index contributed by atoms with van der Waals surface area (Å²) in [6.07, 6.45) is -0.874. The predicted octanol–water partition coefficient (Wildman–Crippen LogP) is 1.82. The lowest BCUT2D eigenvalue weighted by molar-refractivity contribution is -0.143. The maximum atomic E-state index is 15.3. The molecule has 2 heterocycles. The summed E-state index contributed by atoms with van der Waals surface area (Å²) in [7, 11) is 0.226. The average molecular weight is 563 g/mol. The van der Waals surface area contributed by atoms with Crippen LogP contribution in [-0.2, 0) is 32.7 Å². The SMILES string of the molecule is CNS(=O)(=O)Nc1cccc(Cc2c(CN3CCOCC3=O)c3ccc(OC(=O)N(C)C)cc3oc2=O)c1F. The Morgan fingerprint density at radius 1 is 1.18 bits per heavy atom. The molecular weight excluding hydrogens is 535 g/mol. The quantitative estimate of drug-likeness (QED) is 0.395. The van der Waals surface area contributed by atoms with Gasteiger partial charge in [0, 0.05) is 57.7 Å². The molecule has 0 aliphatic carbocycles. The van der Waals surface area contributed by atoms with Crippen LogP contribution in [0.1, 0.15) is 16.7 Å². The van der Waals surface area contributed by atoms with Gasteiger partial charge in [0.25, 0.3) is 10.2 Å². The summed E-state index contributed by atoms with van der Waals surface area (Å²) in [5.41, 5.74) is -0.433. The highest BCUT2D eigenvalue weighted by Crippen LogP contribution is 2.29. The van der Waals surface area contributed by atoms with Crippen LogP contribution in [0, 0.1) is 5.82 Å². The van der Waals surface area contributed by atoms with Gasteiger partial charge in [0.15, 0.2) is 5.82 Å². The van der Waals surface area contributed by atoms with Gasteiger partial charge in [-0.15, -0.1) is 0 Å². The van der Waals surface area contributed by atoms with Gasteiger partial charge < -0.3 is 23.7 Å². The summed E-state index contributed by atoms with van der Waals surface area (Å²) in [4.78, 5) is 40.5. The van der Waals surface area contributed by atoms with Crippen LogP contribution in [0.2, 0.25) is 0 Å². The number of ether oxygens (including phenoxy) is 2. The number of hydrogen-bond acceptors (Lipinski definition) is 8. The van der Waals surface area contributed by atoms with Crippen molar-refractivity contribution in [3.63, 3.8) is 0 Å². The summed E-state index contributed by atoms with van der Waals surface area (Å²) < 4.78 is 59.3. The maximum absolute atomic E-state index is 15.3. The second-order valence-electron chi connectivity index (χ2n) is 8.90. The van der Waals surface area contributed by atoms with Crippen molar-refractivity contribution < 1.29 is 36.3 Å². The van der Waals surface area contributed by atoms with E-state index >= 15 is 4.39 Å². The summed E-state index contributed by atoms with van der Waals surface area (Å²) >= 11 is 0. The Kier molecular flexibility index (Phi) is 8.18. The van der Waals surface area contributed by atoms with E-state index in [1.807, 2.05) is 4.72 Å². The Hall–Kier alpha value is -4.01. The molecule has 1 saturated heterocycles. The molecule has 2 amide bonds. The van der Waals surface area contributed by atoms with E-state index < -0.39 is 27.7 Å². The Balaban J connectivity index is 1.81. The molecular formula is C25H27FN4O8S. The van der Waals surface area contributed by atoms with Gasteiger partial charge in [-0.3, -0.25) is 9.52 Å². The first-order chi connectivity index (χ1) is 18.5. The van der Waals surface area contributed by atoms with Crippen LogP contribution < -0.4 is 19.8 Å². The summed E-state index contributed by atoms with van der Waals surface area (Å²) in [6, 6.07) is 8.62. The number of hydrogen-bond donors (Lipinski definition) is 2. The molecule has 0 spiro atoms. The molecule has 0 atom stereocenters. The van der Waals surface area contributed by atoms with Crippen LogP contribution in [0.25, 0.3) is 11.0 Å². The number of rotatable bonds is 8. The third kappa shape index (κ3) is 6.35. The molecule has 1 aliphatic rings. The average Bonchev–Trinajstić information content (AvgIpc) is 2.89. The second-order valence-corrected chi connectivity index (χ2v) is 10.5. The lowest BCUT2D eigenvalue weighted by atomic mass is 9.97. The minimum Gasteiger partial charge on any atom is -0.422 e. The number of nitrogens with one attached hydrogen (secondary N) is 2. The molecule has 0 radical (unpaired) electrons. The number of carbonyl (C=O) groups is 2. The fraction of sp³-hybridized carbons (Fsp3) is 0.320. The third-order valence-corrected chi connectivity index (χ3v) is 7.08. The van der Waals surface area contributed by atoms with E-state index in [2.05, 4.69) is 4.72 Å². The van der Waals surface area contributed by atoms with Crippen molar-refractivity contribution in [1.29, 1.82) is 0 Å². The summed E-state index contributed by atoms with van der Waals surface area (Å²) in [5.74, 6) is -1.00. The zero-order chi connectivity index (χ0) is 28.3. The minimum atomic E-state index is -3.99. The smallest absolute Gasteiger partial charge is 0.414 e. The summed E-state index contributed by atoms with van der Waals surface area (Å²) in [5, 5.41) is 0.459. The number of halogens is 1. The van der Waals surface area contributed by atoms with Crippen LogP contribution in [0.3, 0.4) is 0 Å². The minimum absolute atomic E-state index is 0.0180. The molecule has 2 N–H and O–H groups in total. The van der Waals surface area contributed by atoms with Crippen LogP contribution in [0.4, 0.5) is 14.9 Å². The van der Waals surface area contributed by atoms with E-state index in [4.69, 9.17) is 13.9 Å². The fourth-order valence-corrected chi connectivity index (χ4v) is 4.54. The molecule has 12 nitrogen and oxygen atoms in total. The first kappa shape index (κ1) is 28.0. The van der Waals surface area contributed by atoms with E-state index in [0.717, 1.165) is 0 Å². The number of anilines is 1. The zero-order valence-corrected chi connectivity index (χ0v) is 22.3. The molecule has 1 aromatic heterocycles. The number of amides is 2. The highest BCUT2D eigenvalue weighted by molar-refractivity contribution is 7.90. The molecule has 3 aromatic rings. The van der Waals surface area contributed by atoms with Crippen LogP contribution in [-0.4, -0.2) is 71.1 Å². The molecule has 14 heteroatoms. The Bertz CT molecular complexity index is 1590. The second kappa shape index (κ2) is 11.4. The van der Waals surface area contributed by atoms with Crippen molar-refractivity contribution >= 4 is 38.9 Å². The van der Waals surface area contributed by atoms with Crippen LogP contribution >= 0.6 is 0 Å². The van der Waals surface area contributed by atoms with Crippen molar-refractivity contribution in [1.82, 2.24) is 14.5 Å². The number of fused-ring (bicyclic) bond motifs is 1. The fourth-order valence-electron chi connectivity index (χ4n) is 3.99. The first-order valence-electron chi connectivity index (χ1n) is 11.8. The molecule has 0 unspecified atom stereocenters. The zero-order valence-electron chi connectivity index (χ0n) is 21.4. The van der Waals surface area contributed by atoms with Crippen LogP contribution in [0.5, 0.6) is 5.75 Å². The van der Waals surface area contributed by atoms with E-state index in [1.165, 1.54) is 61.3 Å². The predicted molar refractivity (Wildman–Crippen MR) is 139 cm³/mol. The van der Waals surface area contributed by atoms with Gasteiger partial charge in [0.1, 0.15) is 17.9 Å². The monoisotopic (exact) mass is 562 g/mol. The number of carbonyl (C=O) groups excluding carboxylic acids is 2. The van der Waals surface area contributed by atoms with Gasteiger partial charge in [-0.2, -0.15) is 8.42 Å². The molecule has 1 fully saturated rings. The summed E-state index contributed by atoms with van der Waals surface area (Å²) in [6.45, 7) is 0.507. The van der Waals surface area contributed by atoms with Crippen molar-refractivity contribution in [3.05, 3.63) is 69.3 Å². The molecule has 0 bridgehead atoms. The molecule has 1 aliphatic heterocycles. The Labute approximate surface area is 223 Å². The highest BCUT2D eigenvalue weighted by atomic mass is 32.2. The van der Waals surface area contributed by atoms with E-state index in [-0.39, 0.29) is 60.2 Å². The lowest BCUT2D eigenvalue weighted by Crippen LogP contribution is -2.41. The maximum Gasteiger partial charge on any atom is 0.414 e. The van der Waals surface area contributed by atoms with Gasteiger partial charge >= 0.3 is 11.7 Å². The van der Waals surface area contributed by atoms with Gasteiger partial charge in [0.05, 0.1) is 12.3 Å². The van der Waals surface area contributed by atoms with Gasteiger partial charge in [0.2, 0.25) is 5.91 Å². The van der Waals surface area contributed by atoms with Crippen molar-refractivity contribution in [2.45, 2.75) is 13.0 Å². The van der Waals surface area contributed by atoms with E-state index in [0.29, 0.717) is 17.6 Å². The topological polar surface area (TPSA) is 147 Å². The number of benzene rings is 2. The molecule has 2 aromatic carbocycles. The number of nitrogens with zero attached hydrogens (tertiary/aromatic N) is 2. The Morgan fingerprint density at radius 3 is 2.64 bits per heavy atom. The largest absolute Gasteiger partial charge is 0.422 e. The molecule has 208 valence electrons. The van der Waals surface area contributed by atoms with Gasteiger partial charge in [-0.05, 0) is 29.3 Å². The molecule has 4 rings (SSSR count). The Morgan fingerprint density at radius 2 is 1.95 bits per heavy atom. The standard InChI is InChI=1S/C25H27FN4O8S/c1-27-39(34,35)28-20-6-4-5-15(23(20)26)11-18-19(13-30-9-10-36-14-22(30)31)17-8-7-16(37-25(33)29(2)3)12-21(17)38-24(18)32/h4-8,12,27-28H,9-11,13-14H2,1-3H3. The molecule has 39 heavy (non-hydrogen) atoms. The van der Waals surface area contributed by atoms with Crippen molar-refractivity contribution in [2.75, 3.05) is 45.6 Å². The van der Waals surface area contributed by atoms with Crippen molar-refractivity contribution in [3.8, 4) is 5.75 Å². The van der Waals surface area contributed by atoms with Gasteiger partial charge in [-0.1, -0.05) is 12.1 Å². The van der Waals surface area contributed by atoms with Crippen molar-refractivity contribution in [2.24, 2.45) is 0 Å². The third-order valence-electron chi connectivity index (χ3n) is 6.05. The van der Waals surface area contributed by atoms with E-state index in [1.54, 1.807) is 6.07 Å². The lowest BCUT2D eigenvalue weighted by Gasteiger charge is -2.28. The molecule has 0 saturated carbocycles. The van der Waals surface area contributed by atoms with Crippen LogP contribution in [0.15, 0.2) is 45.6 Å². The highest BCUT2D eigenvalue weighted by Gasteiger charge is 2.25. The van der Waals surface area contributed by atoms with Gasteiger partial charge in [-0.25, -0.2) is 18.7 Å². The van der Waals surface area contributed by atoms with E-state index in [9.17, 15) is 22.8 Å².